The van der Waals surface area contributed by atoms with E-state index in [1.165, 1.54) is 23.0 Å². The Morgan fingerprint density at radius 2 is 1.93 bits per heavy atom. The number of aromatic nitrogens is 5. The minimum absolute atomic E-state index is 0.110. The third-order valence-corrected chi connectivity index (χ3v) is 7.98. The van der Waals surface area contributed by atoms with Crippen molar-refractivity contribution in [1.29, 1.82) is 5.26 Å². The molecule has 0 unspecified atom stereocenters. The molecule has 1 atom stereocenters. The van der Waals surface area contributed by atoms with Crippen LogP contribution >= 0.6 is 11.6 Å². The third-order valence-electron chi connectivity index (χ3n) is 7.67. The number of imidazole rings is 1. The Kier molecular flexibility index (Phi) is 8.21. The van der Waals surface area contributed by atoms with Crippen LogP contribution in [0.4, 0.5) is 29.5 Å². The smallest absolute Gasteiger partial charge is 0.337 e. The molecule has 0 spiro atoms. The molecular weight excluding hydrogens is 615 g/mol. The number of rotatable bonds is 6. The molecule has 3 aromatic heterocycles. The van der Waals surface area contributed by atoms with E-state index in [0.717, 1.165) is 30.4 Å². The third kappa shape index (κ3) is 6.22. The molecule has 0 aliphatic carbocycles. The molecule has 1 aromatic carbocycles. The molecule has 5 heterocycles. The lowest BCUT2D eigenvalue weighted by Crippen LogP contribution is -2.54. The summed E-state index contributed by atoms with van der Waals surface area (Å²) in [6.07, 6.45) is 1.43. The number of fused-ring (bicyclic) bond motifs is 1. The van der Waals surface area contributed by atoms with Crippen molar-refractivity contribution < 1.29 is 22.8 Å². The Hall–Kier alpha value is -4.88. The number of anilines is 2. The largest absolute Gasteiger partial charge is 0.435 e. The van der Waals surface area contributed by atoms with Gasteiger partial charge < -0.3 is 25.8 Å². The van der Waals surface area contributed by atoms with Gasteiger partial charge in [0, 0.05) is 63.0 Å². The number of benzene rings is 1. The topological polar surface area (TPSA) is 149 Å². The Bertz CT molecular complexity index is 1780. The molecule has 0 radical (unpaired) electrons. The van der Waals surface area contributed by atoms with E-state index in [-0.39, 0.29) is 52.3 Å². The summed E-state index contributed by atoms with van der Waals surface area (Å²) < 4.78 is 43.6. The van der Waals surface area contributed by atoms with Crippen molar-refractivity contribution >= 4 is 40.7 Å². The molecule has 17 heteroatoms. The monoisotopic (exact) mass is 641 g/mol. The van der Waals surface area contributed by atoms with Crippen LogP contribution in [-0.4, -0.2) is 91.2 Å². The highest BCUT2D eigenvalue weighted by Gasteiger charge is 2.38. The molecule has 0 bridgehead atoms. The van der Waals surface area contributed by atoms with Gasteiger partial charge in [-0.15, -0.1) is 0 Å². The highest BCUT2D eigenvalue weighted by Crippen LogP contribution is 2.37. The van der Waals surface area contributed by atoms with Crippen LogP contribution in [0.15, 0.2) is 43.0 Å². The average Bonchev–Trinajstić information content (AvgIpc) is 3.78. The van der Waals surface area contributed by atoms with Crippen molar-refractivity contribution in [2.75, 3.05) is 44.6 Å². The van der Waals surface area contributed by atoms with Gasteiger partial charge in [0.2, 0.25) is 0 Å². The van der Waals surface area contributed by atoms with Gasteiger partial charge in [-0.3, -0.25) is 13.9 Å². The molecular formula is C28H27ClF3N11O2. The number of nitriles is 1. The van der Waals surface area contributed by atoms with Gasteiger partial charge in [-0.05, 0) is 31.2 Å². The zero-order valence-electron chi connectivity index (χ0n) is 23.7. The van der Waals surface area contributed by atoms with Gasteiger partial charge in [-0.1, -0.05) is 11.6 Å². The van der Waals surface area contributed by atoms with E-state index >= 15 is 0 Å². The highest BCUT2D eigenvalue weighted by molar-refractivity contribution is 6.34. The number of amides is 3. The van der Waals surface area contributed by atoms with Gasteiger partial charge in [0.1, 0.15) is 6.54 Å². The predicted molar refractivity (Wildman–Crippen MR) is 157 cm³/mol. The second kappa shape index (κ2) is 12.3. The number of nitrogens with zero attached hydrogens (tertiary/aromatic N) is 8. The highest BCUT2D eigenvalue weighted by atomic mass is 35.5. The van der Waals surface area contributed by atoms with Gasteiger partial charge in [-0.25, -0.2) is 14.8 Å². The van der Waals surface area contributed by atoms with Crippen LogP contribution in [0.2, 0.25) is 5.02 Å². The maximum atomic E-state index is 13.8. The number of hydrogen-bond acceptors (Lipinski definition) is 8. The second-order valence-corrected chi connectivity index (χ2v) is 11.0. The summed E-state index contributed by atoms with van der Waals surface area (Å²) in [6, 6.07) is 6.54. The molecule has 6 rings (SSSR count). The van der Waals surface area contributed by atoms with Crippen molar-refractivity contribution in [2.24, 2.45) is 0 Å². The van der Waals surface area contributed by atoms with Crippen molar-refractivity contribution in [3.05, 3.63) is 59.3 Å². The average molecular weight is 642 g/mol. The SMILES string of the molecule is N#CCn1cc(-c2cnc3c(Nc4ccc(C(=O)N5CCN(C(=O)N[C@H]6CCNC6)CC5)c(Cl)c4)nccn23)c(C(F)(F)F)n1. The molecule has 3 N–H and O–H groups in total. The van der Waals surface area contributed by atoms with Crippen LogP contribution in [0.3, 0.4) is 0 Å². The number of urea groups is 1. The van der Waals surface area contributed by atoms with Crippen LogP contribution < -0.4 is 16.0 Å². The lowest BCUT2D eigenvalue weighted by molar-refractivity contribution is -0.141. The van der Waals surface area contributed by atoms with Crippen LogP contribution in [-0.2, 0) is 12.7 Å². The van der Waals surface area contributed by atoms with Gasteiger partial charge in [0.25, 0.3) is 5.91 Å². The number of alkyl halides is 3. The summed E-state index contributed by atoms with van der Waals surface area (Å²) in [5, 5.41) is 22.0. The Morgan fingerprint density at radius 1 is 1.16 bits per heavy atom. The van der Waals surface area contributed by atoms with Crippen LogP contribution in [0.25, 0.3) is 16.9 Å². The summed E-state index contributed by atoms with van der Waals surface area (Å²) in [5.41, 5.74) is -0.261. The Labute approximate surface area is 259 Å². The molecule has 2 fully saturated rings. The predicted octanol–water partition coefficient (Wildman–Crippen LogP) is 3.36. The first-order valence-electron chi connectivity index (χ1n) is 14.1. The zero-order valence-corrected chi connectivity index (χ0v) is 24.4. The molecule has 2 saturated heterocycles. The van der Waals surface area contributed by atoms with E-state index in [4.69, 9.17) is 16.9 Å². The minimum atomic E-state index is -4.75. The van der Waals surface area contributed by atoms with Crippen LogP contribution in [0, 0.1) is 11.3 Å². The Balaban J connectivity index is 1.16. The van der Waals surface area contributed by atoms with E-state index in [9.17, 15) is 22.8 Å². The number of carbonyl (C=O) groups excluding carboxylic acids is 2. The summed E-state index contributed by atoms with van der Waals surface area (Å²) >= 11 is 6.53. The summed E-state index contributed by atoms with van der Waals surface area (Å²) in [5.74, 6) is -0.0261. The fourth-order valence-corrected chi connectivity index (χ4v) is 5.67. The number of carbonyl (C=O) groups is 2. The first-order chi connectivity index (χ1) is 21.6. The molecule has 3 amide bonds. The summed E-state index contributed by atoms with van der Waals surface area (Å²) in [6.45, 7) is 2.82. The van der Waals surface area contributed by atoms with Crippen LogP contribution in [0.1, 0.15) is 22.5 Å². The molecule has 234 valence electrons. The summed E-state index contributed by atoms with van der Waals surface area (Å²) in [4.78, 5) is 37.8. The van der Waals surface area contributed by atoms with Gasteiger partial charge >= 0.3 is 12.2 Å². The number of hydrogen-bond donors (Lipinski definition) is 3. The molecule has 2 aliphatic rings. The molecule has 4 aromatic rings. The molecule has 13 nitrogen and oxygen atoms in total. The van der Waals surface area contributed by atoms with E-state index in [2.05, 4.69) is 31.0 Å². The molecule has 45 heavy (non-hydrogen) atoms. The summed E-state index contributed by atoms with van der Waals surface area (Å²) in [7, 11) is 0. The van der Waals surface area contributed by atoms with Crippen molar-refractivity contribution in [2.45, 2.75) is 25.2 Å². The first kappa shape index (κ1) is 30.2. The first-order valence-corrected chi connectivity index (χ1v) is 14.5. The second-order valence-electron chi connectivity index (χ2n) is 10.6. The van der Waals surface area contributed by atoms with Crippen molar-refractivity contribution in [3.8, 4) is 17.3 Å². The Morgan fingerprint density at radius 3 is 2.62 bits per heavy atom. The fourth-order valence-electron chi connectivity index (χ4n) is 5.41. The van der Waals surface area contributed by atoms with E-state index in [1.54, 1.807) is 34.1 Å². The van der Waals surface area contributed by atoms with Crippen LogP contribution in [0.5, 0.6) is 0 Å². The standard InChI is InChI=1S/C28H27ClF3N11O2/c29-21-13-17(1-2-19(21)26(44)40-9-11-41(12-10-40)27(45)38-18-3-5-34-14-18)37-24-25-36-15-22(43(25)8-6-35-24)20-16-42(7-4-33)39-23(20)28(30,31)32/h1-2,6,8,13,15-16,18,34H,3,5,7,9-12,14H2,(H,35,37)(H,38,45)/t18-/m0/s1. The maximum Gasteiger partial charge on any atom is 0.435 e. The fraction of sp³-hybridized carbons (Fsp3) is 0.357. The number of nitrogens with one attached hydrogen (secondary N) is 3. The molecule has 2 aliphatic heterocycles. The number of piperazine rings is 1. The normalized spacial score (nSPS) is 17.0. The van der Waals surface area contributed by atoms with E-state index in [0.29, 0.717) is 37.4 Å². The lowest BCUT2D eigenvalue weighted by Gasteiger charge is -2.35. The van der Waals surface area contributed by atoms with Gasteiger partial charge in [0.15, 0.2) is 17.2 Å². The van der Waals surface area contributed by atoms with E-state index in [1.807, 2.05) is 0 Å². The molecule has 0 saturated carbocycles. The van der Waals surface area contributed by atoms with Gasteiger partial charge in [0.05, 0.1) is 34.1 Å². The van der Waals surface area contributed by atoms with Crippen molar-refractivity contribution in [1.82, 2.24) is 44.6 Å². The number of halogens is 4. The zero-order chi connectivity index (χ0) is 31.7. The quantitative estimate of drug-likeness (QED) is 0.290. The van der Waals surface area contributed by atoms with Gasteiger partial charge in [-0.2, -0.15) is 23.5 Å². The maximum absolute atomic E-state index is 13.8. The van der Waals surface area contributed by atoms with Crippen molar-refractivity contribution in [3.63, 3.8) is 0 Å². The lowest BCUT2D eigenvalue weighted by atomic mass is 10.1. The minimum Gasteiger partial charge on any atom is -0.337 e. The van der Waals surface area contributed by atoms with E-state index < -0.39 is 11.9 Å².